The van der Waals surface area contributed by atoms with Gasteiger partial charge >= 0.3 is 0 Å². The van der Waals surface area contributed by atoms with Crippen LogP contribution in [0.5, 0.6) is 0 Å². The summed E-state index contributed by atoms with van der Waals surface area (Å²) in [7, 11) is 0. The molecule has 2 rings (SSSR count). The molecular weight excluding hydrogens is 190 g/mol. The highest BCUT2D eigenvalue weighted by Gasteiger charge is 2.18. The summed E-state index contributed by atoms with van der Waals surface area (Å²) in [6.45, 7) is 1.62. The van der Waals surface area contributed by atoms with Crippen LogP contribution in [0.25, 0.3) is 0 Å². The summed E-state index contributed by atoms with van der Waals surface area (Å²) < 4.78 is 7.20. The zero-order valence-corrected chi connectivity index (χ0v) is 8.07. The maximum atomic E-state index is 5.74. The Morgan fingerprint density at radius 3 is 3.00 bits per heavy atom. The van der Waals surface area contributed by atoms with Crippen molar-refractivity contribution in [3.05, 3.63) is 12.2 Å². The summed E-state index contributed by atoms with van der Waals surface area (Å²) in [5.74, 6) is 1.28. The van der Waals surface area contributed by atoms with Crippen molar-refractivity contribution in [2.75, 3.05) is 13.2 Å². The molecule has 0 aliphatic carbocycles. The standard InChI is InChI=1S/C8H12ClN3O/c9-5-8-10-6-11-12(8)7-1-3-13-4-2-7/h6-7H,1-5H2. The first kappa shape index (κ1) is 8.97. The van der Waals surface area contributed by atoms with E-state index in [4.69, 9.17) is 16.3 Å². The zero-order chi connectivity index (χ0) is 9.10. The van der Waals surface area contributed by atoms with Crippen molar-refractivity contribution in [3.8, 4) is 0 Å². The molecule has 1 saturated heterocycles. The van der Waals surface area contributed by atoms with E-state index < -0.39 is 0 Å². The van der Waals surface area contributed by atoms with E-state index in [1.807, 2.05) is 4.68 Å². The lowest BCUT2D eigenvalue weighted by atomic mass is 10.1. The third-order valence-corrected chi connectivity index (χ3v) is 2.54. The molecule has 0 atom stereocenters. The molecule has 5 heteroatoms. The summed E-state index contributed by atoms with van der Waals surface area (Å²) in [5, 5.41) is 4.18. The Labute approximate surface area is 81.9 Å². The molecule has 1 aromatic rings. The monoisotopic (exact) mass is 201 g/mol. The molecule has 0 unspecified atom stereocenters. The molecule has 2 heterocycles. The lowest BCUT2D eigenvalue weighted by molar-refractivity contribution is 0.0655. The van der Waals surface area contributed by atoms with Crippen LogP contribution in [0.4, 0.5) is 0 Å². The molecule has 13 heavy (non-hydrogen) atoms. The molecule has 1 aliphatic rings. The minimum atomic E-state index is 0.421. The molecule has 0 radical (unpaired) electrons. The molecule has 0 N–H and O–H groups in total. The lowest BCUT2D eigenvalue weighted by Gasteiger charge is -2.22. The van der Waals surface area contributed by atoms with Gasteiger partial charge in [-0.05, 0) is 12.8 Å². The average molecular weight is 202 g/mol. The molecule has 0 saturated carbocycles. The van der Waals surface area contributed by atoms with Crippen LogP contribution >= 0.6 is 11.6 Å². The van der Waals surface area contributed by atoms with Gasteiger partial charge < -0.3 is 4.74 Å². The highest BCUT2D eigenvalue weighted by Crippen LogP contribution is 2.21. The van der Waals surface area contributed by atoms with E-state index in [0.717, 1.165) is 31.9 Å². The van der Waals surface area contributed by atoms with Crippen LogP contribution < -0.4 is 0 Å². The van der Waals surface area contributed by atoms with Crippen molar-refractivity contribution >= 4 is 11.6 Å². The summed E-state index contributed by atoms with van der Waals surface area (Å²) >= 11 is 5.74. The first-order chi connectivity index (χ1) is 6.42. The van der Waals surface area contributed by atoms with Gasteiger partial charge in [0.15, 0.2) is 0 Å². The average Bonchev–Trinajstić information content (AvgIpc) is 2.67. The smallest absolute Gasteiger partial charge is 0.142 e. The fraction of sp³-hybridized carbons (Fsp3) is 0.750. The quantitative estimate of drug-likeness (QED) is 0.679. The number of alkyl halides is 1. The molecule has 0 bridgehead atoms. The Morgan fingerprint density at radius 2 is 2.31 bits per heavy atom. The van der Waals surface area contributed by atoms with Gasteiger partial charge in [0.2, 0.25) is 0 Å². The molecule has 0 amide bonds. The normalized spacial score (nSPS) is 19.2. The van der Waals surface area contributed by atoms with E-state index in [-0.39, 0.29) is 0 Å². The number of rotatable bonds is 2. The summed E-state index contributed by atoms with van der Waals surface area (Å²) in [6, 6.07) is 0.421. The molecule has 1 aliphatic heterocycles. The van der Waals surface area contributed by atoms with Crippen molar-refractivity contribution in [3.63, 3.8) is 0 Å². The van der Waals surface area contributed by atoms with Crippen LogP contribution in [0.3, 0.4) is 0 Å². The van der Waals surface area contributed by atoms with Gasteiger partial charge in [0.25, 0.3) is 0 Å². The minimum absolute atomic E-state index is 0.421. The number of hydrogen-bond acceptors (Lipinski definition) is 3. The van der Waals surface area contributed by atoms with Gasteiger partial charge in [-0.2, -0.15) is 5.10 Å². The highest BCUT2D eigenvalue weighted by molar-refractivity contribution is 6.16. The number of hydrogen-bond donors (Lipinski definition) is 0. The van der Waals surface area contributed by atoms with Crippen molar-refractivity contribution in [2.24, 2.45) is 0 Å². The van der Waals surface area contributed by atoms with Gasteiger partial charge in [-0.25, -0.2) is 9.67 Å². The Bertz CT molecular complexity index is 270. The van der Waals surface area contributed by atoms with Crippen LogP contribution in [-0.4, -0.2) is 28.0 Å². The van der Waals surface area contributed by atoms with Crippen molar-refractivity contribution in [1.82, 2.24) is 14.8 Å². The van der Waals surface area contributed by atoms with Crippen LogP contribution in [0.15, 0.2) is 6.33 Å². The van der Waals surface area contributed by atoms with E-state index in [0.29, 0.717) is 11.9 Å². The number of ether oxygens (including phenoxy) is 1. The largest absolute Gasteiger partial charge is 0.381 e. The Kier molecular flexibility index (Phi) is 2.80. The topological polar surface area (TPSA) is 39.9 Å². The first-order valence-corrected chi connectivity index (χ1v) is 4.97. The van der Waals surface area contributed by atoms with Crippen molar-refractivity contribution in [1.29, 1.82) is 0 Å². The van der Waals surface area contributed by atoms with E-state index in [2.05, 4.69) is 10.1 Å². The summed E-state index contributed by atoms with van der Waals surface area (Å²) in [6.07, 6.45) is 3.58. The van der Waals surface area contributed by atoms with Gasteiger partial charge in [0, 0.05) is 13.2 Å². The predicted molar refractivity (Wildman–Crippen MR) is 48.7 cm³/mol. The number of aromatic nitrogens is 3. The summed E-state index contributed by atoms with van der Waals surface area (Å²) in [4.78, 5) is 4.09. The van der Waals surface area contributed by atoms with E-state index in [9.17, 15) is 0 Å². The third kappa shape index (κ3) is 1.84. The van der Waals surface area contributed by atoms with Crippen molar-refractivity contribution in [2.45, 2.75) is 24.8 Å². The van der Waals surface area contributed by atoms with Gasteiger partial charge in [-0.3, -0.25) is 0 Å². The van der Waals surface area contributed by atoms with Crippen LogP contribution in [0.2, 0.25) is 0 Å². The SMILES string of the molecule is ClCc1ncnn1C1CCOCC1. The molecule has 4 nitrogen and oxygen atoms in total. The lowest BCUT2D eigenvalue weighted by Crippen LogP contribution is -2.21. The van der Waals surface area contributed by atoms with Crippen molar-refractivity contribution < 1.29 is 4.74 Å². The Morgan fingerprint density at radius 1 is 1.54 bits per heavy atom. The Balaban J connectivity index is 2.13. The van der Waals surface area contributed by atoms with E-state index in [1.54, 1.807) is 6.33 Å². The molecule has 1 fully saturated rings. The minimum Gasteiger partial charge on any atom is -0.381 e. The van der Waals surface area contributed by atoms with E-state index >= 15 is 0 Å². The first-order valence-electron chi connectivity index (χ1n) is 4.44. The second-order valence-electron chi connectivity index (χ2n) is 3.10. The van der Waals surface area contributed by atoms with Gasteiger partial charge in [-0.15, -0.1) is 11.6 Å². The fourth-order valence-corrected chi connectivity index (χ4v) is 1.80. The molecule has 0 spiro atoms. The van der Waals surface area contributed by atoms with Gasteiger partial charge in [-0.1, -0.05) is 0 Å². The second kappa shape index (κ2) is 4.07. The summed E-state index contributed by atoms with van der Waals surface area (Å²) in [5.41, 5.74) is 0. The van der Waals surface area contributed by atoms with Gasteiger partial charge in [0.05, 0.1) is 11.9 Å². The number of nitrogens with zero attached hydrogens (tertiary/aromatic N) is 3. The highest BCUT2D eigenvalue weighted by atomic mass is 35.5. The number of halogens is 1. The van der Waals surface area contributed by atoms with Crippen LogP contribution in [-0.2, 0) is 10.6 Å². The fourth-order valence-electron chi connectivity index (χ4n) is 1.60. The predicted octanol–water partition coefficient (Wildman–Crippen LogP) is 1.37. The van der Waals surface area contributed by atoms with E-state index in [1.165, 1.54) is 0 Å². The van der Waals surface area contributed by atoms with Crippen LogP contribution in [0.1, 0.15) is 24.7 Å². The second-order valence-corrected chi connectivity index (χ2v) is 3.37. The van der Waals surface area contributed by atoms with Crippen LogP contribution in [0, 0.1) is 0 Å². The molecule has 0 aromatic carbocycles. The van der Waals surface area contributed by atoms with Gasteiger partial charge in [0.1, 0.15) is 12.2 Å². The molecule has 72 valence electrons. The third-order valence-electron chi connectivity index (χ3n) is 2.30. The zero-order valence-electron chi connectivity index (χ0n) is 7.32. The maximum absolute atomic E-state index is 5.74. The Hall–Kier alpha value is -0.610. The molecular formula is C8H12ClN3O. The maximum Gasteiger partial charge on any atom is 0.142 e. The molecule has 1 aromatic heterocycles.